The summed E-state index contributed by atoms with van der Waals surface area (Å²) in [5.41, 5.74) is -0.156. The Kier molecular flexibility index (Phi) is 5.15. The number of carbonyl (C=O) groups is 1. The molecule has 1 heterocycles. The Morgan fingerprint density at radius 3 is 2.47 bits per heavy atom. The molecule has 0 aromatic carbocycles. The van der Waals surface area contributed by atoms with E-state index < -0.39 is 0 Å². The van der Waals surface area contributed by atoms with Crippen molar-refractivity contribution in [3.63, 3.8) is 0 Å². The second-order valence-corrected chi connectivity index (χ2v) is 6.38. The Balaban J connectivity index is 2.26. The fourth-order valence-electron chi connectivity index (χ4n) is 1.47. The van der Waals surface area contributed by atoms with Crippen LogP contribution in [0.15, 0.2) is 12.1 Å². The van der Waals surface area contributed by atoms with Crippen molar-refractivity contribution in [2.75, 3.05) is 6.54 Å². The van der Waals surface area contributed by atoms with Crippen LogP contribution in [0.1, 0.15) is 37.4 Å². The highest BCUT2D eigenvalue weighted by atomic mass is 32.1. The lowest BCUT2D eigenvalue weighted by Gasteiger charge is -2.20. The van der Waals surface area contributed by atoms with Gasteiger partial charge in [-0.05, 0) is 39.3 Å². The zero-order chi connectivity index (χ0) is 12.9. The minimum Gasteiger partial charge on any atom is -0.350 e. The van der Waals surface area contributed by atoms with Crippen LogP contribution in [-0.2, 0) is 17.8 Å². The molecule has 0 atom stereocenters. The lowest BCUT2D eigenvalue weighted by atomic mass is 10.1. The molecule has 17 heavy (non-hydrogen) atoms. The fraction of sp³-hybridized carbons (Fsp3) is 0.615. The van der Waals surface area contributed by atoms with Crippen LogP contribution in [0.4, 0.5) is 0 Å². The molecule has 1 amide bonds. The molecule has 0 saturated carbocycles. The van der Waals surface area contributed by atoms with Gasteiger partial charge in [0.15, 0.2) is 0 Å². The third-order valence-electron chi connectivity index (χ3n) is 2.16. The Bertz CT molecular complexity index is 366. The molecule has 0 fully saturated rings. The van der Waals surface area contributed by atoms with Crippen LogP contribution in [0, 0.1) is 0 Å². The lowest BCUT2D eigenvalue weighted by Crippen LogP contribution is -2.44. The van der Waals surface area contributed by atoms with E-state index >= 15 is 0 Å². The van der Waals surface area contributed by atoms with Crippen LogP contribution >= 0.6 is 11.3 Å². The molecule has 0 aliphatic heterocycles. The number of amides is 1. The van der Waals surface area contributed by atoms with Gasteiger partial charge in [-0.1, -0.05) is 6.92 Å². The van der Waals surface area contributed by atoms with E-state index in [2.05, 4.69) is 29.7 Å². The fourth-order valence-corrected chi connectivity index (χ4v) is 2.40. The largest absolute Gasteiger partial charge is 0.350 e. The zero-order valence-electron chi connectivity index (χ0n) is 11.1. The number of carbonyl (C=O) groups excluding carboxylic acids is 1. The summed E-state index contributed by atoms with van der Waals surface area (Å²) in [6, 6.07) is 4.27. The molecule has 0 spiro atoms. The van der Waals surface area contributed by atoms with Crippen molar-refractivity contribution in [1.29, 1.82) is 0 Å². The van der Waals surface area contributed by atoms with Crippen LogP contribution in [0.2, 0.25) is 0 Å². The van der Waals surface area contributed by atoms with E-state index in [9.17, 15) is 4.79 Å². The lowest BCUT2D eigenvalue weighted by molar-refractivity contribution is -0.121. The van der Waals surface area contributed by atoms with Gasteiger partial charge >= 0.3 is 0 Å². The van der Waals surface area contributed by atoms with E-state index in [1.54, 1.807) is 11.3 Å². The van der Waals surface area contributed by atoms with Gasteiger partial charge in [0.2, 0.25) is 5.91 Å². The highest BCUT2D eigenvalue weighted by Gasteiger charge is 2.12. The van der Waals surface area contributed by atoms with Gasteiger partial charge in [-0.3, -0.25) is 4.79 Å². The summed E-state index contributed by atoms with van der Waals surface area (Å²) in [6.45, 7) is 9.24. The van der Waals surface area contributed by atoms with E-state index in [0.717, 1.165) is 13.0 Å². The van der Waals surface area contributed by atoms with Crippen molar-refractivity contribution in [3.05, 3.63) is 21.9 Å². The van der Waals surface area contributed by atoms with Gasteiger partial charge < -0.3 is 10.6 Å². The maximum Gasteiger partial charge on any atom is 0.234 e. The number of nitrogens with one attached hydrogen (secondary N) is 2. The van der Waals surface area contributed by atoms with Crippen LogP contribution < -0.4 is 10.6 Å². The van der Waals surface area contributed by atoms with Gasteiger partial charge in [0.25, 0.3) is 0 Å². The van der Waals surface area contributed by atoms with E-state index in [0.29, 0.717) is 6.54 Å². The Hall–Kier alpha value is -0.870. The summed E-state index contributed by atoms with van der Waals surface area (Å²) in [7, 11) is 0. The minimum absolute atomic E-state index is 0.0461. The molecular weight excluding hydrogens is 232 g/mol. The molecule has 4 heteroatoms. The summed E-state index contributed by atoms with van der Waals surface area (Å²) < 4.78 is 0. The first-order valence-corrected chi connectivity index (χ1v) is 6.81. The molecule has 96 valence electrons. The predicted octanol–water partition coefficient (Wildman–Crippen LogP) is 2.31. The molecule has 2 N–H and O–H groups in total. The van der Waals surface area contributed by atoms with Crippen molar-refractivity contribution in [2.45, 2.75) is 46.2 Å². The van der Waals surface area contributed by atoms with Gasteiger partial charge in [-0.2, -0.15) is 0 Å². The molecule has 1 aromatic heterocycles. The molecule has 0 bridgehead atoms. The third-order valence-corrected chi connectivity index (χ3v) is 3.39. The monoisotopic (exact) mass is 254 g/mol. The highest BCUT2D eigenvalue weighted by Crippen LogP contribution is 2.16. The average molecular weight is 254 g/mol. The summed E-state index contributed by atoms with van der Waals surface area (Å²) in [5, 5.41) is 6.08. The second-order valence-electron chi connectivity index (χ2n) is 5.12. The summed E-state index contributed by atoms with van der Waals surface area (Å²) >= 11 is 1.80. The quantitative estimate of drug-likeness (QED) is 0.846. The maximum absolute atomic E-state index is 11.5. The molecule has 1 rings (SSSR count). The topological polar surface area (TPSA) is 41.1 Å². The average Bonchev–Trinajstić information content (AvgIpc) is 2.63. The van der Waals surface area contributed by atoms with Gasteiger partial charge in [0, 0.05) is 21.8 Å². The first kappa shape index (κ1) is 14.2. The molecule has 1 aromatic rings. The van der Waals surface area contributed by atoms with E-state index in [1.807, 2.05) is 20.8 Å². The zero-order valence-corrected chi connectivity index (χ0v) is 11.9. The van der Waals surface area contributed by atoms with Gasteiger partial charge in [-0.15, -0.1) is 11.3 Å². The smallest absolute Gasteiger partial charge is 0.234 e. The molecular formula is C13H22N2OS. The van der Waals surface area contributed by atoms with Crippen molar-refractivity contribution >= 4 is 17.2 Å². The SMILES string of the molecule is CCc1ccc(CNCC(=O)NC(C)(C)C)s1. The van der Waals surface area contributed by atoms with E-state index in [-0.39, 0.29) is 11.4 Å². The van der Waals surface area contributed by atoms with Crippen molar-refractivity contribution < 1.29 is 4.79 Å². The third kappa shape index (κ3) is 5.84. The van der Waals surface area contributed by atoms with E-state index in [1.165, 1.54) is 9.75 Å². The van der Waals surface area contributed by atoms with Crippen molar-refractivity contribution in [2.24, 2.45) is 0 Å². The molecule has 0 aliphatic rings. The predicted molar refractivity (Wildman–Crippen MR) is 73.3 cm³/mol. The Morgan fingerprint density at radius 2 is 1.94 bits per heavy atom. The second kappa shape index (κ2) is 6.17. The van der Waals surface area contributed by atoms with Gasteiger partial charge in [0.05, 0.1) is 6.54 Å². The molecule has 0 radical (unpaired) electrons. The van der Waals surface area contributed by atoms with Gasteiger partial charge in [0.1, 0.15) is 0 Å². The molecule has 3 nitrogen and oxygen atoms in total. The van der Waals surface area contributed by atoms with Crippen LogP contribution in [-0.4, -0.2) is 18.0 Å². The number of hydrogen-bond acceptors (Lipinski definition) is 3. The Morgan fingerprint density at radius 1 is 1.29 bits per heavy atom. The molecule has 0 saturated heterocycles. The summed E-state index contributed by atoms with van der Waals surface area (Å²) in [6.07, 6.45) is 1.08. The van der Waals surface area contributed by atoms with Crippen LogP contribution in [0.25, 0.3) is 0 Å². The summed E-state index contributed by atoms with van der Waals surface area (Å²) in [4.78, 5) is 14.2. The number of rotatable bonds is 5. The number of aryl methyl sites for hydroxylation is 1. The highest BCUT2D eigenvalue weighted by molar-refractivity contribution is 7.11. The standard InChI is InChI=1S/C13H22N2OS/c1-5-10-6-7-11(17-10)8-14-9-12(16)15-13(2,3)4/h6-7,14H,5,8-9H2,1-4H3,(H,15,16). The first-order valence-electron chi connectivity index (χ1n) is 6.00. The minimum atomic E-state index is -0.156. The summed E-state index contributed by atoms with van der Waals surface area (Å²) in [5.74, 6) is 0.0461. The van der Waals surface area contributed by atoms with E-state index in [4.69, 9.17) is 0 Å². The van der Waals surface area contributed by atoms with Crippen LogP contribution in [0.5, 0.6) is 0 Å². The maximum atomic E-state index is 11.5. The van der Waals surface area contributed by atoms with Crippen LogP contribution in [0.3, 0.4) is 0 Å². The number of hydrogen-bond donors (Lipinski definition) is 2. The van der Waals surface area contributed by atoms with Crippen molar-refractivity contribution in [1.82, 2.24) is 10.6 Å². The van der Waals surface area contributed by atoms with Crippen molar-refractivity contribution in [3.8, 4) is 0 Å². The molecule has 0 aliphatic carbocycles. The Labute approximate surface area is 108 Å². The number of thiophene rings is 1. The van der Waals surface area contributed by atoms with Gasteiger partial charge in [-0.25, -0.2) is 0 Å². The first-order chi connectivity index (χ1) is 7.90. The molecule has 0 unspecified atom stereocenters. The normalized spacial score (nSPS) is 11.5.